The first-order valence-corrected chi connectivity index (χ1v) is 15.8. The van der Waals surface area contributed by atoms with Crippen molar-refractivity contribution in [3.8, 4) is 5.75 Å². The number of ether oxygens (including phenoxy) is 1. The highest BCUT2D eigenvalue weighted by molar-refractivity contribution is 7.89. The number of hydrogen-bond donors (Lipinski definition) is 1. The van der Waals surface area contributed by atoms with Gasteiger partial charge in [0.05, 0.1) is 19.1 Å². The minimum absolute atomic E-state index is 0.00971. The number of fused-ring (bicyclic) bond motifs is 3. The number of aliphatic imine (C=N–C) groups is 1. The molecule has 2 atom stereocenters. The summed E-state index contributed by atoms with van der Waals surface area (Å²) in [6.45, 7) is 2.27. The van der Waals surface area contributed by atoms with Crippen LogP contribution < -0.4 is 9.50 Å². The molecule has 2 unspecified atom stereocenters. The predicted molar refractivity (Wildman–Crippen MR) is 161 cm³/mol. The lowest BCUT2D eigenvalue weighted by Crippen LogP contribution is -2.40. The van der Waals surface area contributed by atoms with Gasteiger partial charge in [-0.2, -0.15) is 8.42 Å². The number of dihydropyridines is 1. The quantitative estimate of drug-likeness (QED) is 0.314. The molecule has 1 fully saturated rings. The van der Waals surface area contributed by atoms with Crippen molar-refractivity contribution in [3.05, 3.63) is 107 Å². The van der Waals surface area contributed by atoms with E-state index in [0.29, 0.717) is 31.9 Å². The van der Waals surface area contributed by atoms with E-state index in [2.05, 4.69) is 10.3 Å². The largest absolute Gasteiger partial charge is 0.378 e. The summed E-state index contributed by atoms with van der Waals surface area (Å²) in [6, 6.07) is 20.0. The molecule has 1 amide bonds. The third kappa shape index (κ3) is 4.89. The zero-order valence-corrected chi connectivity index (χ0v) is 24.0. The molecular formula is C31H26N4O5S2. The zero-order chi connectivity index (χ0) is 28.7. The zero-order valence-electron chi connectivity index (χ0n) is 22.3. The molecule has 42 heavy (non-hydrogen) atoms. The Morgan fingerprint density at radius 2 is 1.79 bits per heavy atom. The van der Waals surface area contributed by atoms with Gasteiger partial charge in [0.15, 0.2) is 4.21 Å². The van der Waals surface area contributed by atoms with E-state index in [-0.39, 0.29) is 27.9 Å². The van der Waals surface area contributed by atoms with Crippen molar-refractivity contribution < 1.29 is 22.1 Å². The molecule has 2 aromatic heterocycles. The number of nitrogens with one attached hydrogen (secondary N) is 1. The number of nitrogens with zero attached hydrogens (tertiary/aromatic N) is 3. The first kappa shape index (κ1) is 26.6. The minimum Gasteiger partial charge on any atom is -0.378 e. The van der Waals surface area contributed by atoms with E-state index in [1.165, 1.54) is 6.07 Å². The summed E-state index contributed by atoms with van der Waals surface area (Å²) in [6.07, 6.45) is 5.09. The standard InChI is InChI=1S/C31H26N4O5S2/c36-31(35-13-15-39-16-14-35)22-5-3-20(4-6-22)25-19-33-30-29(28(25)21-9-11-32-12-10-21)24-18-23(7-8-26(24)34-30)40-42(37,38)27-2-1-17-41-27/h1-12,17-19,29-30,34H,13-16H2. The second kappa shape index (κ2) is 10.8. The molecule has 3 aliphatic rings. The molecule has 0 saturated carbocycles. The lowest BCUT2D eigenvalue weighted by molar-refractivity contribution is 0.0303. The predicted octanol–water partition coefficient (Wildman–Crippen LogP) is 4.91. The molecule has 2 aromatic carbocycles. The van der Waals surface area contributed by atoms with E-state index < -0.39 is 10.1 Å². The van der Waals surface area contributed by atoms with Crippen molar-refractivity contribution in [1.29, 1.82) is 0 Å². The molecule has 1 saturated heterocycles. The van der Waals surface area contributed by atoms with Crippen LogP contribution in [0, 0.1) is 0 Å². The van der Waals surface area contributed by atoms with Gasteiger partial charge in [-0.3, -0.25) is 14.8 Å². The van der Waals surface area contributed by atoms with Gasteiger partial charge in [-0.25, -0.2) is 0 Å². The molecule has 212 valence electrons. The monoisotopic (exact) mass is 598 g/mol. The van der Waals surface area contributed by atoms with Gasteiger partial charge in [0.25, 0.3) is 5.91 Å². The molecule has 1 N–H and O–H groups in total. The highest BCUT2D eigenvalue weighted by atomic mass is 32.3. The van der Waals surface area contributed by atoms with Gasteiger partial charge in [-0.05, 0) is 76.2 Å². The Labute approximate surface area is 247 Å². The topological polar surface area (TPSA) is 110 Å². The van der Waals surface area contributed by atoms with Crippen molar-refractivity contribution >= 4 is 50.4 Å². The van der Waals surface area contributed by atoms with E-state index in [4.69, 9.17) is 13.9 Å². The van der Waals surface area contributed by atoms with Crippen molar-refractivity contribution in [2.75, 3.05) is 31.6 Å². The lowest BCUT2D eigenvalue weighted by atomic mass is 9.80. The number of carbonyl (C=O) groups is 1. The van der Waals surface area contributed by atoms with Crippen LogP contribution in [0.2, 0.25) is 0 Å². The number of carbonyl (C=O) groups excluding carboxylic acids is 1. The Balaban J connectivity index is 1.27. The van der Waals surface area contributed by atoms with Gasteiger partial charge >= 0.3 is 10.1 Å². The summed E-state index contributed by atoms with van der Waals surface area (Å²) >= 11 is 1.11. The molecule has 0 radical (unpaired) electrons. The fourth-order valence-electron chi connectivity index (χ4n) is 5.63. The van der Waals surface area contributed by atoms with Gasteiger partial charge in [-0.1, -0.05) is 18.2 Å². The third-order valence-corrected chi connectivity index (χ3v) is 10.2. The highest BCUT2D eigenvalue weighted by Crippen LogP contribution is 2.50. The Morgan fingerprint density at radius 1 is 1.00 bits per heavy atom. The van der Waals surface area contributed by atoms with Crippen LogP contribution in [0.15, 0.2) is 93.7 Å². The fraction of sp³-hybridized carbons (Fsp3) is 0.194. The van der Waals surface area contributed by atoms with Gasteiger partial charge in [0.2, 0.25) is 0 Å². The smallest absolute Gasteiger partial charge is 0.348 e. The van der Waals surface area contributed by atoms with E-state index in [9.17, 15) is 13.2 Å². The second-order valence-electron chi connectivity index (χ2n) is 10.1. The molecule has 7 rings (SSSR count). The number of benzene rings is 2. The number of allylic oxidation sites excluding steroid dienone is 1. The van der Waals surface area contributed by atoms with Gasteiger partial charge < -0.3 is 19.1 Å². The number of aromatic nitrogens is 1. The van der Waals surface area contributed by atoms with Crippen molar-refractivity contribution in [3.63, 3.8) is 0 Å². The molecule has 9 nitrogen and oxygen atoms in total. The maximum absolute atomic E-state index is 13.0. The number of amides is 1. The second-order valence-corrected chi connectivity index (χ2v) is 12.8. The normalized spacial score (nSPS) is 19.7. The molecule has 3 aliphatic heterocycles. The molecule has 4 aromatic rings. The fourth-order valence-corrected chi connectivity index (χ4v) is 7.51. The minimum atomic E-state index is -3.95. The molecule has 0 spiro atoms. The van der Waals surface area contributed by atoms with Crippen LogP contribution >= 0.6 is 11.3 Å². The first-order valence-electron chi connectivity index (χ1n) is 13.5. The maximum atomic E-state index is 13.0. The van der Waals surface area contributed by atoms with Crippen LogP contribution in [0.4, 0.5) is 5.69 Å². The van der Waals surface area contributed by atoms with Crippen LogP contribution in [0.25, 0.3) is 11.1 Å². The summed E-state index contributed by atoms with van der Waals surface area (Å²) in [7, 11) is -3.95. The van der Waals surface area contributed by atoms with E-state index in [1.807, 2.05) is 53.6 Å². The average Bonchev–Trinajstić information content (AvgIpc) is 3.70. The van der Waals surface area contributed by atoms with Crippen LogP contribution in [0.3, 0.4) is 0 Å². The number of anilines is 1. The van der Waals surface area contributed by atoms with E-state index in [0.717, 1.165) is 44.9 Å². The number of pyridine rings is 1. The molecule has 0 aliphatic carbocycles. The Morgan fingerprint density at radius 3 is 2.52 bits per heavy atom. The maximum Gasteiger partial charge on any atom is 0.348 e. The van der Waals surface area contributed by atoms with Gasteiger partial charge in [0, 0.05) is 48.5 Å². The molecule has 0 bridgehead atoms. The van der Waals surface area contributed by atoms with Crippen molar-refractivity contribution in [1.82, 2.24) is 9.88 Å². The molecule has 5 heterocycles. The Kier molecular flexibility index (Phi) is 6.85. The Bertz CT molecular complexity index is 1800. The van der Waals surface area contributed by atoms with E-state index >= 15 is 0 Å². The van der Waals surface area contributed by atoms with Crippen molar-refractivity contribution in [2.45, 2.75) is 16.3 Å². The third-order valence-electron chi connectivity index (χ3n) is 7.62. The summed E-state index contributed by atoms with van der Waals surface area (Å²) in [4.78, 5) is 23.9. The first-order chi connectivity index (χ1) is 20.5. The Hall–Kier alpha value is -4.32. The molecule has 11 heteroatoms. The van der Waals surface area contributed by atoms with Gasteiger partial charge in [-0.15, -0.1) is 11.3 Å². The summed E-state index contributed by atoms with van der Waals surface area (Å²) < 4.78 is 36.8. The molecular weight excluding hydrogens is 572 g/mol. The van der Waals surface area contributed by atoms with Crippen LogP contribution in [-0.4, -0.2) is 62.9 Å². The van der Waals surface area contributed by atoms with Gasteiger partial charge in [0.1, 0.15) is 11.9 Å². The van der Waals surface area contributed by atoms with Crippen LogP contribution in [-0.2, 0) is 14.9 Å². The summed E-state index contributed by atoms with van der Waals surface area (Å²) in [5, 5.41) is 5.18. The average molecular weight is 599 g/mol. The number of thiophene rings is 1. The van der Waals surface area contributed by atoms with E-state index in [1.54, 1.807) is 36.0 Å². The summed E-state index contributed by atoms with van der Waals surface area (Å²) in [5.74, 6) is 0.00956. The van der Waals surface area contributed by atoms with Crippen molar-refractivity contribution in [2.24, 2.45) is 4.99 Å². The number of morpholine rings is 1. The SMILES string of the molecule is O=C(c1ccc(C2=C(c3ccncc3)C3c4cc(OS(=O)(=O)c5cccs5)ccc4NC3N=C2)cc1)N1CCOCC1. The lowest BCUT2D eigenvalue weighted by Gasteiger charge is -2.28. The number of hydrogen-bond acceptors (Lipinski definition) is 9. The van der Waals surface area contributed by atoms with Crippen LogP contribution in [0.1, 0.15) is 33.0 Å². The van der Waals surface area contributed by atoms with Crippen LogP contribution in [0.5, 0.6) is 5.75 Å². The summed E-state index contributed by atoms with van der Waals surface area (Å²) in [5.41, 5.74) is 6.21. The number of rotatable bonds is 6. The highest BCUT2D eigenvalue weighted by Gasteiger charge is 2.39.